The van der Waals surface area contributed by atoms with Crippen LogP contribution in [0.4, 0.5) is 0 Å². The molecular formula is C2H8O7S6Si. The lowest BCUT2D eigenvalue weighted by atomic mass is 10.9. The van der Waals surface area contributed by atoms with Gasteiger partial charge in [0.1, 0.15) is 0 Å². The Morgan fingerprint density at radius 2 is 1.62 bits per heavy atom. The van der Waals surface area contributed by atoms with Crippen molar-refractivity contribution in [1.29, 1.82) is 0 Å². The highest BCUT2D eigenvalue weighted by Crippen LogP contribution is 2.41. The number of thiol groups is 1. The Kier molecular flexibility index (Phi) is 7.72. The third kappa shape index (κ3) is 5.83. The summed E-state index contributed by atoms with van der Waals surface area (Å²) < 4.78 is 60.9. The predicted molar refractivity (Wildman–Crippen MR) is 72.9 cm³/mol. The standard InChI is InChI=1S/C2H8O7S6Si/c3-1-2(11-13-12-10)16(14(4,5)6)15(7,8)9/h2-3,10,16H,1H2,(H,4,5,6)(H,7,8,9). The maximum Gasteiger partial charge on any atom is 0.396 e. The van der Waals surface area contributed by atoms with Gasteiger partial charge in [0.25, 0.3) is 0 Å². The van der Waals surface area contributed by atoms with Crippen LogP contribution in [0.1, 0.15) is 0 Å². The van der Waals surface area contributed by atoms with Crippen LogP contribution in [0.5, 0.6) is 0 Å². The van der Waals surface area contributed by atoms with Gasteiger partial charge in [-0.3, -0.25) is 9.11 Å². The van der Waals surface area contributed by atoms with E-state index in [0.717, 1.165) is 30.4 Å². The van der Waals surface area contributed by atoms with Gasteiger partial charge < -0.3 is 5.11 Å². The van der Waals surface area contributed by atoms with Crippen molar-refractivity contribution in [1.82, 2.24) is 0 Å². The summed E-state index contributed by atoms with van der Waals surface area (Å²) in [6, 6.07) is 0. The largest absolute Gasteiger partial charge is 0.396 e. The highest BCUT2D eigenvalue weighted by Gasteiger charge is 2.47. The molecule has 0 spiro atoms. The zero-order valence-electron chi connectivity index (χ0n) is 7.32. The number of rotatable bonds is 7. The SMILES string of the molecule is O=S(=O)(O)[SiH](C(CO)SSSS)S(=O)(=O)O. The summed E-state index contributed by atoms with van der Waals surface area (Å²) in [6.07, 6.45) is 0. The fourth-order valence-electron chi connectivity index (χ4n) is 0.767. The molecule has 0 radical (unpaired) electrons. The van der Waals surface area contributed by atoms with Gasteiger partial charge in [0.2, 0.25) is 19.1 Å². The fraction of sp³-hybridized carbons (Fsp3) is 1.00. The van der Waals surface area contributed by atoms with Crippen LogP contribution in [-0.4, -0.2) is 49.6 Å². The summed E-state index contributed by atoms with van der Waals surface area (Å²) >= 11 is 3.72. The van der Waals surface area contributed by atoms with E-state index >= 15 is 0 Å². The summed E-state index contributed by atoms with van der Waals surface area (Å²) in [5.74, 6) is 0. The average molecular weight is 365 g/mol. The van der Waals surface area contributed by atoms with Crippen LogP contribution in [0.3, 0.4) is 0 Å². The first-order valence-electron chi connectivity index (χ1n) is 3.31. The van der Waals surface area contributed by atoms with E-state index in [9.17, 15) is 16.8 Å². The monoisotopic (exact) mass is 364 g/mol. The first-order valence-corrected chi connectivity index (χ1v) is 14.4. The molecule has 0 aromatic heterocycles. The van der Waals surface area contributed by atoms with Gasteiger partial charge in [-0.25, -0.2) is 16.8 Å². The zero-order valence-corrected chi connectivity index (χ0v) is 13.5. The summed E-state index contributed by atoms with van der Waals surface area (Å²) in [5.41, 5.74) is 0. The average Bonchev–Trinajstić information content (AvgIpc) is 2.07. The van der Waals surface area contributed by atoms with Crippen LogP contribution in [0, 0.1) is 0 Å². The van der Waals surface area contributed by atoms with Gasteiger partial charge in [-0.1, -0.05) is 22.5 Å². The second kappa shape index (κ2) is 7.10. The van der Waals surface area contributed by atoms with Crippen LogP contribution < -0.4 is 0 Å². The minimum absolute atomic E-state index is 0.720. The van der Waals surface area contributed by atoms with Crippen LogP contribution in [0.2, 0.25) is 0 Å². The van der Waals surface area contributed by atoms with Crippen molar-refractivity contribution in [2.75, 3.05) is 6.61 Å². The van der Waals surface area contributed by atoms with Gasteiger partial charge in [0.05, 0.1) is 11.5 Å². The van der Waals surface area contributed by atoms with Gasteiger partial charge >= 0.3 is 7.10 Å². The molecule has 0 bridgehead atoms. The van der Waals surface area contributed by atoms with Crippen LogP contribution >= 0.6 is 42.1 Å². The molecule has 1 atom stereocenters. The lowest BCUT2D eigenvalue weighted by molar-refractivity contribution is 0.313. The van der Waals surface area contributed by atoms with E-state index in [1.165, 1.54) is 0 Å². The molecule has 0 saturated carbocycles. The highest BCUT2D eigenvalue weighted by molar-refractivity contribution is 9.24. The summed E-state index contributed by atoms with van der Waals surface area (Å²) in [5, 5.41) is 8.86. The predicted octanol–water partition coefficient (Wildman–Crippen LogP) is -0.243. The minimum atomic E-state index is -4.89. The zero-order chi connectivity index (χ0) is 13.0. The molecular weight excluding hydrogens is 357 g/mol. The third-order valence-corrected chi connectivity index (χ3v) is 20.6. The molecule has 16 heavy (non-hydrogen) atoms. The Balaban J connectivity index is 5.18. The van der Waals surface area contributed by atoms with Crippen molar-refractivity contribution >= 4 is 68.3 Å². The lowest BCUT2D eigenvalue weighted by Crippen LogP contribution is -2.45. The van der Waals surface area contributed by atoms with Crippen molar-refractivity contribution in [2.45, 2.75) is 4.87 Å². The van der Waals surface area contributed by atoms with Gasteiger partial charge in [-0.15, -0.1) is 0 Å². The van der Waals surface area contributed by atoms with Gasteiger partial charge in [0, 0.05) is 0 Å². The summed E-state index contributed by atoms with van der Waals surface area (Å²) in [4.78, 5) is -1.28. The molecule has 0 aliphatic rings. The van der Waals surface area contributed by atoms with E-state index in [-0.39, 0.29) is 0 Å². The molecule has 98 valence electrons. The van der Waals surface area contributed by atoms with E-state index in [1.807, 2.05) is 0 Å². The number of hydrogen-bond donors (Lipinski definition) is 4. The molecule has 0 saturated heterocycles. The Hall–Kier alpha value is 1.40. The Morgan fingerprint density at radius 3 is 1.88 bits per heavy atom. The van der Waals surface area contributed by atoms with E-state index in [1.54, 1.807) is 0 Å². The smallest absolute Gasteiger partial charge is 0.395 e. The Morgan fingerprint density at radius 1 is 1.19 bits per heavy atom. The second-order valence-corrected chi connectivity index (χ2v) is 19.0. The topological polar surface area (TPSA) is 129 Å². The first kappa shape index (κ1) is 17.4. The summed E-state index contributed by atoms with van der Waals surface area (Å²) in [6.45, 7) is -0.789. The number of hydrogen-bond acceptors (Lipinski definition) is 9. The van der Waals surface area contributed by atoms with E-state index < -0.39 is 37.7 Å². The van der Waals surface area contributed by atoms with E-state index in [2.05, 4.69) is 11.7 Å². The fourth-order valence-corrected chi connectivity index (χ4v) is 18.9. The van der Waals surface area contributed by atoms with Gasteiger partial charge in [0.15, 0.2) is 0 Å². The molecule has 14 heteroatoms. The highest BCUT2D eigenvalue weighted by atomic mass is 33.7. The van der Waals surface area contributed by atoms with Crippen molar-refractivity contribution in [3.05, 3.63) is 0 Å². The summed E-state index contributed by atoms with van der Waals surface area (Å²) in [7, 11) is -11.3. The van der Waals surface area contributed by atoms with Crippen LogP contribution in [0.25, 0.3) is 0 Å². The normalized spacial score (nSPS) is 15.3. The molecule has 0 aliphatic heterocycles. The molecule has 0 rings (SSSR count). The minimum Gasteiger partial charge on any atom is -0.395 e. The van der Waals surface area contributed by atoms with Crippen LogP contribution in [0.15, 0.2) is 0 Å². The van der Waals surface area contributed by atoms with E-state index in [0.29, 0.717) is 0 Å². The maximum absolute atomic E-state index is 10.9. The first-order chi connectivity index (χ1) is 7.14. The van der Waals surface area contributed by atoms with Crippen molar-refractivity contribution in [2.24, 2.45) is 0 Å². The number of aliphatic hydroxyl groups excluding tert-OH is 1. The number of aliphatic hydroxyl groups is 1. The molecule has 1 unspecified atom stereocenters. The molecule has 0 heterocycles. The molecule has 3 N–H and O–H groups in total. The van der Waals surface area contributed by atoms with Gasteiger partial charge in [-0.2, -0.15) is 0 Å². The molecule has 0 aromatic carbocycles. The van der Waals surface area contributed by atoms with Crippen LogP contribution in [-0.2, 0) is 19.1 Å². The maximum atomic E-state index is 10.9. The van der Waals surface area contributed by atoms with Crippen molar-refractivity contribution in [3.8, 4) is 0 Å². The third-order valence-electron chi connectivity index (χ3n) is 1.26. The van der Waals surface area contributed by atoms with Gasteiger partial charge in [-0.05, 0) is 19.7 Å². The molecule has 0 fully saturated rings. The molecule has 0 amide bonds. The Labute approximate surface area is 110 Å². The quantitative estimate of drug-likeness (QED) is 0.208. The molecule has 0 aromatic rings. The van der Waals surface area contributed by atoms with E-state index in [4.69, 9.17) is 14.2 Å². The lowest BCUT2D eigenvalue weighted by Gasteiger charge is -2.16. The van der Waals surface area contributed by atoms with Crippen molar-refractivity contribution < 1.29 is 31.0 Å². The molecule has 0 aliphatic carbocycles. The second-order valence-electron chi connectivity index (χ2n) is 2.36. The Bertz CT molecular complexity index is 369. The van der Waals surface area contributed by atoms with Crippen molar-refractivity contribution in [3.63, 3.8) is 0 Å². The molecule has 7 nitrogen and oxygen atoms in total.